The van der Waals surface area contributed by atoms with E-state index in [1.807, 2.05) is 50.2 Å². The summed E-state index contributed by atoms with van der Waals surface area (Å²) in [6.07, 6.45) is 6.16. The van der Waals surface area contributed by atoms with Crippen LogP contribution in [-0.4, -0.2) is 34.6 Å². The van der Waals surface area contributed by atoms with Gasteiger partial charge in [0.15, 0.2) is 0 Å². The minimum absolute atomic E-state index is 0.0312. The molecule has 1 atom stereocenters. The fraction of sp³-hybridized carbons (Fsp3) is 0.481. The Hall–Kier alpha value is -1.69. The van der Waals surface area contributed by atoms with E-state index in [-0.39, 0.29) is 17.9 Å². The maximum Gasteiger partial charge on any atom is 0.243 e. The Morgan fingerprint density at radius 1 is 1.03 bits per heavy atom. The molecule has 0 saturated heterocycles. The van der Waals surface area contributed by atoms with Crippen molar-refractivity contribution in [3.63, 3.8) is 0 Å². The molecule has 1 saturated carbocycles. The van der Waals surface area contributed by atoms with Crippen molar-refractivity contribution in [3.05, 3.63) is 69.2 Å². The first-order chi connectivity index (χ1) is 16.4. The number of nitrogens with zero attached hydrogens (tertiary/aromatic N) is 1. The van der Waals surface area contributed by atoms with Gasteiger partial charge in [-0.1, -0.05) is 85.3 Å². The van der Waals surface area contributed by atoms with Gasteiger partial charge in [-0.3, -0.25) is 9.59 Å². The number of hydrogen-bond donors (Lipinski definition) is 1. The lowest BCUT2D eigenvalue weighted by Crippen LogP contribution is -2.52. The molecule has 184 valence electrons. The lowest BCUT2D eigenvalue weighted by molar-refractivity contribution is -0.139. The highest BCUT2D eigenvalue weighted by Crippen LogP contribution is 2.25. The van der Waals surface area contributed by atoms with Crippen molar-refractivity contribution < 1.29 is 9.59 Å². The van der Waals surface area contributed by atoms with E-state index in [9.17, 15) is 9.59 Å². The number of amides is 2. The monoisotopic (exact) mass is 520 g/mol. The Morgan fingerprint density at radius 3 is 2.35 bits per heavy atom. The molecule has 0 aromatic heterocycles. The zero-order valence-electron chi connectivity index (χ0n) is 20.0. The maximum atomic E-state index is 13.4. The van der Waals surface area contributed by atoms with Crippen LogP contribution >= 0.6 is 35.0 Å². The Balaban J connectivity index is 1.69. The van der Waals surface area contributed by atoms with Crippen LogP contribution in [0.4, 0.5) is 0 Å². The van der Waals surface area contributed by atoms with E-state index in [1.165, 1.54) is 23.7 Å². The van der Waals surface area contributed by atoms with Crippen molar-refractivity contribution in [1.29, 1.82) is 0 Å². The van der Waals surface area contributed by atoms with Crippen LogP contribution in [0, 0.1) is 6.92 Å². The summed E-state index contributed by atoms with van der Waals surface area (Å²) >= 11 is 13.6. The van der Waals surface area contributed by atoms with Gasteiger partial charge in [-0.25, -0.2) is 0 Å². The Labute approximate surface area is 217 Å². The molecule has 1 N–H and O–H groups in total. The molecule has 0 heterocycles. The van der Waals surface area contributed by atoms with Crippen LogP contribution in [0.15, 0.2) is 42.5 Å². The van der Waals surface area contributed by atoms with Crippen molar-refractivity contribution in [3.8, 4) is 0 Å². The number of hydrogen-bond acceptors (Lipinski definition) is 3. The molecule has 3 rings (SSSR count). The van der Waals surface area contributed by atoms with Gasteiger partial charge in [0.05, 0.1) is 15.8 Å². The molecular formula is C27H34Cl2N2O2S. The molecule has 2 amide bonds. The minimum atomic E-state index is -0.485. The molecule has 4 nitrogen and oxygen atoms in total. The van der Waals surface area contributed by atoms with Gasteiger partial charge in [0, 0.05) is 18.3 Å². The second kappa shape index (κ2) is 13.4. The van der Waals surface area contributed by atoms with E-state index in [4.69, 9.17) is 23.2 Å². The molecular weight excluding hydrogens is 487 g/mol. The van der Waals surface area contributed by atoms with E-state index in [1.54, 1.807) is 11.0 Å². The first-order valence-electron chi connectivity index (χ1n) is 12.0. The first kappa shape index (κ1) is 26.9. The summed E-state index contributed by atoms with van der Waals surface area (Å²) in [4.78, 5) is 28.4. The summed E-state index contributed by atoms with van der Waals surface area (Å²) in [7, 11) is 0. The molecule has 34 heavy (non-hydrogen) atoms. The lowest BCUT2D eigenvalue weighted by Gasteiger charge is -2.32. The van der Waals surface area contributed by atoms with Gasteiger partial charge in [0.25, 0.3) is 0 Å². The number of thioether (sulfide) groups is 1. The third kappa shape index (κ3) is 7.93. The molecule has 0 bridgehead atoms. The molecule has 2 aromatic carbocycles. The molecule has 1 fully saturated rings. The Morgan fingerprint density at radius 2 is 1.71 bits per heavy atom. The third-order valence-electron chi connectivity index (χ3n) is 6.29. The summed E-state index contributed by atoms with van der Waals surface area (Å²) in [5.41, 5.74) is 3.21. The zero-order valence-corrected chi connectivity index (χ0v) is 22.3. The topological polar surface area (TPSA) is 49.4 Å². The predicted octanol–water partition coefficient (Wildman–Crippen LogP) is 6.79. The summed E-state index contributed by atoms with van der Waals surface area (Å²) in [5, 5.41) is 4.26. The highest BCUT2D eigenvalue weighted by atomic mass is 35.5. The van der Waals surface area contributed by atoms with Gasteiger partial charge >= 0.3 is 0 Å². The number of halogens is 2. The normalized spacial score (nSPS) is 15.1. The standard InChI is InChI=1S/C27H34Cl2N2O2S/c1-3-25(27(33)30-22-7-5-4-6-8-22)31(16-20-11-9-19(2)10-12-20)26(32)18-34-17-21-13-14-23(28)24(29)15-21/h9-15,22,25H,3-8,16-18H2,1-2H3,(H,30,33)/t25-/m1/s1. The SMILES string of the molecule is CC[C@H](C(=O)NC1CCCCC1)N(Cc1ccc(C)cc1)C(=O)CSCc1ccc(Cl)c(Cl)c1. The molecule has 0 radical (unpaired) electrons. The fourth-order valence-electron chi connectivity index (χ4n) is 4.32. The van der Waals surface area contributed by atoms with Crippen LogP contribution < -0.4 is 5.32 Å². The van der Waals surface area contributed by atoms with Crippen molar-refractivity contribution in [2.24, 2.45) is 0 Å². The Bertz CT molecular complexity index is 962. The van der Waals surface area contributed by atoms with E-state index in [0.717, 1.165) is 36.8 Å². The maximum absolute atomic E-state index is 13.4. The number of benzene rings is 2. The van der Waals surface area contributed by atoms with Gasteiger partial charge in [0.1, 0.15) is 6.04 Å². The zero-order chi connectivity index (χ0) is 24.5. The van der Waals surface area contributed by atoms with Gasteiger partial charge in [-0.05, 0) is 49.4 Å². The average Bonchev–Trinajstić information content (AvgIpc) is 2.83. The second-order valence-corrected chi connectivity index (χ2v) is 10.8. The lowest BCUT2D eigenvalue weighted by atomic mass is 9.95. The van der Waals surface area contributed by atoms with Crippen LogP contribution in [0.5, 0.6) is 0 Å². The number of nitrogens with one attached hydrogen (secondary N) is 1. The molecule has 2 aromatic rings. The van der Waals surface area contributed by atoms with E-state index in [0.29, 0.717) is 34.5 Å². The quantitative estimate of drug-likeness (QED) is 0.375. The molecule has 1 aliphatic rings. The number of rotatable bonds is 10. The van der Waals surface area contributed by atoms with Crippen LogP contribution in [0.3, 0.4) is 0 Å². The van der Waals surface area contributed by atoms with Crippen molar-refractivity contribution >= 4 is 46.8 Å². The highest BCUT2D eigenvalue weighted by Gasteiger charge is 2.30. The number of carbonyl (C=O) groups excluding carboxylic acids is 2. The largest absolute Gasteiger partial charge is 0.352 e. The van der Waals surface area contributed by atoms with Crippen LogP contribution in [0.1, 0.15) is 62.1 Å². The molecule has 0 spiro atoms. The Kier molecular flexibility index (Phi) is 10.6. The predicted molar refractivity (Wildman–Crippen MR) is 143 cm³/mol. The van der Waals surface area contributed by atoms with E-state index < -0.39 is 6.04 Å². The molecule has 1 aliphatic carbocycles. The van der Waals surface area contributed by atoms with Crippen LogP contribution in [0.2, 0.25) is 10.0 Å². The van der Waals surface area contributed by atoms with E-state index >= 15 is 0 Å². The van der Waals surface area contributed by atoms with Crippen molar-refractivity contribution in [2.75, 3.05) is 5.75 Å². The van der Waals surface area contributed by atoms with Gasteiger partial charge < -0.3 is 10.2 Å². The number of aryl methyl sites for hydroxylation is 1. The van der Waals surface area contributed by atoms with Crippen molar-refractivity contribution in [1.82, 2.24) is 10.2 Å². The van der Waals surface area contributed by atoms with E-state index in [2.05, 4.69) is 5.32 Å². The van der Waals surface area contributed by atoms with Gasteiger partial charge in [-0.15, -0.1) is 11.8 Å². The molecule has 0 aliphatic heterocycles. The second-order valence-electron chi connectivity index (χ2n) is 9.02. The highest BCUT2D eigenvalue weighted by molar-refractivity contribution is 7.99. The summed E-state index contributed by atoms with van der Waals surface area (Å²) in [6.45, 7) is 4.44. The third-order valence-corrected chi connectivity index (χ3v) is 8.02. The smallest absolute Gasteiger partial charge is 0.243 e. The number of carbonyl (C=O) groups is 2. The average molecular weight is 522 g/mol. The minimum Gasteiger partial charge on any atom is -0.352 e. The fourth-order valence-corrected chi connectivity index (χ4v) is 5.50. The van der Waals surface area contributed by atoms with Gasteiger partial charge in [-0.2, -0.15) is 0 Å². The summed E-state index contributed by atoms with van der Waals surface area (Å²) in [6, 6.07) is 13.4. The van der Waals surface area contributed by atoms with Gasteiger partial charge in [0.2, 0.25) is 11.8 Å². The summed E-state index contributed by atoms with van der Waals surface area (Å²) < 4.78 is 0. The van der Waals surface area contributed by atoms with Crippen LogP contribution in [-0.2, 0) is 21.9 Å². The van der Waals surface area contributed by atoms with Crippen LogP contribution in [0.25, 0.3) is 0 Å². The van der Waals surface area contributed by atoms with Crippen molar-refractivity contribution in [2.45, 2.75) is 76.8 Å². The molecule has 0 unspecified atom stereocenters. The summed E-state index contributed by atoms with van der Waals surface area (Å²) in [5.74, 6) is 0.867. The first-order valence-corrected chi connectivity index (χ1v) is 14.0. The molecule has 7 heteroatoms.